The van der Waals surface area contributed by atoms with E-state index in [1.54, 1.807) is 0 Å². The van der Waals surface area contributed by atoms with E-state index in [1.807, 2.05) is 54.3 Å². The molecule has 1 aliphatic heterocycles. The molecule has 0 radical (unpaired) electrons. The normalized spacial score (nSPS) is 15.1. The highest BCUT2D eigenvalue weighted by molar-refractivity contribution is 7.99. The summed E-state index contributed by atoms with van der Waals surface area (Å²) in [6.45, 7) is 6.57. The monoisotopic (exact) mass is 456 g/mol. The number of likely N-dealkylation sites (tertiary alicyclic amines) is 1. The number of hydrogen-bond donors (Lipinski definition) is 1. The van der Waals surface area contributed by atoms with Gasteiger partial charge in [0.25, 0.3) is 0 Å². The maximum atomic E-state index is 4.59. The first-order chi connectivity index (χ1) is 16.0. The van der Waals surface area contributed by atoms with E-state index in [0.29, 0.717) is 5.25 Å². The van der Waals surface area contributed by atoms with Crippen molar-refractivity contribution < 1.29 is 0 Å². The van der Waals surface area contributed by atoms with Crippen LogP contribution in [0, 0.1) is 0 Å². The molecule has 3 aromatic heterocycles. The molecule has 6 nitrogen and oxygen atoms in total. The van der Waals surface area contributed by atoms with Crippen LogP contribution in [0.5, 0.6) is 0 Å². The smallest absolute Gasteiger partial charge is 0.130 e. The number of fused-ring (bicyclic) bond motifs is 1. The lowest BCUT2D eigenvalue weighted by Gasteiger charge is -2.28. The van der Waals surface area contributed by atoms with Gasteiger partial charge in [0.05, 0.1) is 11.2 Å². The first-order valence-electron chi connectivity index (χ1n) is 11.2. The summed E-state index contributed by atoms with van der Waals surface area (Å²) in [7, 11) is 4.12. The van der Waals surface area contributed by atoms with Gasteiger partial charge in [-0.05, 0) is 68.2 Å². The van der Waals surface area contributed by atoms with Gasteiger partial charge in [0.2, 0.25) is 0 Å². The van der Waals surface area contributed by atoms with Crippen molar-refractivity contribution >= 4 is 34.0 Å². The Bertz CT molecular complexity index is 1290. The summed E-state index contributed by atoms with van der Waals surface area (Å²) in [5.74, 6) is 0.775. The number of pyridine rings is 2. The summed E-state index contributed by atoms with van der Waals surface area (Å²) in [5, 5.41) is 11.6. The first-order valence-corrected chi connectivity index (χ1v) is 12.1. The van der Waals surface area contributed by atoms with Crippen LogP contribution in [0.15, 0.2) is 72.8 Å². The van der Waals surface area contributed by atoms with E-state index >= 15 is 0 Å². The zero-order chi connectivity index (χ0) is 22.8. The predicted molar refractivity (Wildman–Crippen MR) is 137 cm³/mol. The summed E-state index contributed by atoms with van der Waals surface area (Å²) < 4.78 is 1.82. The highest BCUT2D eigenvalue weighted by atomic mass is 32.2. The Kier molecular flexibility index (Phi) is 6.15. The van der Waals surface area contributed by atoms with E-state index in [4.69, 9.17) is 0 Å². The molecule has 0 amide bonds. The summed E-state index contributed by atoms with van der Waals surface area (Å²) in [6.07, 6.45) is 10.1. The average molecular weight is 457 g/mol. The number of aryl methyl sites for hydroxylation is 1. The van der Waals surface area contributed by atoms with E-state index in [9.17, 15) is 0 Å². The van der Waals surface area contributed by atoms with Crippen LogP contribution in [-0.4, -0.2) is 50.0 Å². The molecule has 168 valence electrons. The molecule has 7 heteroatoms. The van der Waals surface area contributed by atoms with Crippen LogP contribution in [-0.2, 0) is 7.05 Å². The number of benzene rings is 1. The van der Waals surface area contributed by atoms with E-state index in [0.717, 1.165) is 57.1 Å². The molecule has 5 rings (SSSR count). The molecule has 0 aliphatic carbocycles. The Labute approximate surface area is 198 Å². The Morgan fingerprint density at radius 1 is 1.00 bits per heavy atom. The molecule has 1 fully saturated rings. The van der Waals surface area contributed by atoms with Gasteiger partial charge in [-0.3, -0.25) is 4.68 Å². The second-order valence-electron chi connectivity index (χ2n) is 8.64. The maximum Gasteiger partial charge on any atom is 0.130 e. The molecular formula is C26H28N6S. The minimum atomic E-state index is 0.626. The summed E-state index contributed by atoms with van der Waals surface area (Å²) >= 11 is 1.88. The zero-order valence-electron chi connectivity index (χ0n) is 19.0. The number of thioether (sulfide) groups is 1. The number of anilines is 1. The van der Waals surface area contributed by atoms with Gasteiger partial charge in [0.1, 0.15) is 5.82 Å². The molecule has 1 N–H and O–H groups in total. The fourth-order valence-electron chi connectivity index (χ4n) is 4.12. The molecule has 4 heterocycles. The zero-order valence-corrected chi connectivity index (χ0v) is 19.8. The quantitative estimate of drug-likeness (QED) is 0.425. The lowest BCUT2D eigenvalue weighted by Crippen LogP contribution is -2.31. The van der Waals surface area contributed by atoms with Gasteiger partial charge >= 0.3 is 0 Å². The van der Waals surface area contributed by atoms with E-state index < -0.39 is 0 Å². The van der Waals surface area contributed by atoms with E-state index in [2.05, 4.69) is 69.2 Å². The van der Waals surface area contributed by atoms with Crippen molar-refractivity contribution in [3.8, 4) is 11.1 Å². The number of nitrogens with one attached hydrogen (secondary N) is 1. The molecule has 1 aromatic carbocycles. The molecule has 4 aromatic rings. The van der Waals surface area contributed by atoms with Crippen LogP contribution < -0.4 is 5.32 Å². The minimum Gasteiger partial charge on any atom is -0.340 e. The van der Waals surface area contributed by atoms with Crippen LogP contribution in [0.4, 0.5) is 5.82 Å². The van der Waals surface area contributed by atoms with E-state index in [1.165, 1.54) is 12.8 Å². The lowest BCUT2D eigenvalue weighted by atomic mass is 10.0. The molecule has 0 bridgehead atoms. The number of aromatic nitrogens is 4. The van der Waals surface area contributed by atoms with Crippen LogP contribution in [0.2, 0.25) is 0 Å². The average Bonchev–Trinajstić information content (AvgIpc) is 3.26. The third-order valence-corrected chi connectivity index (χ3v) is 7.34. The van der Waals surface area contributed by atoms with Crippen molar-refractivity contribution in [2.24, 2.45) is 7.05 Å². The van der Waals surface area contributed by atoms with Crippen LogP contribution in [0.3, 0.4) is 0 Å². The summed E-state index contributed by atoms with van der Waals surface area (Å²) in [6, 6.07) is 12.6. The first kappa shape index (κ1) is 21.7. The second-order valence-corrected chi connectivity index (χ2v) is 9.96. The minimum absolute atomic E-state index is 0.626. The van der Waals surface area contributed by atoms with Gasteiger partial charge in [-0.25, -0.2) is 9.97 Å². The molecule has 1 saturated heterocycles. The highest BCUT2D eigenvalue weighted by Gasteiger charge is 2.18. The van der Waals surface area contributed by atoms with E-state index in [-0.39, 0.29) is 0 Å². The largest absolute Gasteiger partial charge is 0.340 e. The SMILES string of the molecule is C=C(Nc1cc2cc(-c3cnn(C)c3)ccc2cn1)c1ccnc(SC2CCN(C)CC2)c1. The Morgan fingerprint density at radius 2 is 1.85 bits per heavy atom. The van der Waals surface area contributed by atoms with Crippen molar-refractivity contribution in [2.75, 3.05) is 25.5 Å². The van der Waals surface area contributed by atoms with Gasteiger partial charge in [-0.1, -0.05) is 18.7 Å². The molecule has 0 spiro atoms. The summed E-state index contributed by atoms with van der Waals surface area (Å²) in [4.78, 5) is 11.6. The molecular weight excluding hydrogens is 428 g/mol. The fourth-order valence-corrected chi connectivity index (χ4v) is 5.23. The maximum absolute atomic E-state index is 4.59. The number of piperidine rings is 1. The Hall–Kier alpha value is -3.16. The standard InChI is InChI=1S/C26H28N6S/c1-18(19-6-9-27-26(14-19)33-24-7-10-31(2)11-8-24)30-25-13-22-12-20(4-5-21(22)15-28-25)23-16-29-32(3)17-23/h4-6,9,12-17,24H,1,7-8,10-11H2,2-3H3,(H,28,30). The van der Waals surface area contributed by atoms with Crippen molar-refractivity contribution in [3.05, 3.63) is 73.3 Å². The van der Waals surface area contributed by atoms with Gasteiger partial charge in [-0.15, -0.1) is 11.8 Å². The van der Waals surface area contributed by atoms with Gasteiger partial charge in [0.15, 0.2) is 0 Å². The molecule has 0 unspecified atom stereocenters. The van der Waals surface area contributed by atoms with Gasteiger partial charge < -0.3 is 10.2 Å². The van der Waals surface area contributed by atoms with Crippen LogP contribution in [0.1, 0.15) is 18.4 Å². The molecule has 1 aliphatic rings. The second kappa shape index (κ2) is 9.37. The van der Waals surface area contributed by atoms with Crippen molar-refractivity contribution in [3.63, 3.8) is 0 Å². The molecule has 0 saturated carbocycles. The topological polar surface area (TPSA) is 58.9 Å². The lowest BCUT2D eigenvalue weighted by molar-refractivity contribution is 0.282. The third kappa shape index (κ3) is 5.10. The van der Waals surface area contributed by atoms with Crippen molar-refractivity contribution in [1.82, 2.24) is 24.6 Å². The third-order valence-electron chi connectivity index (χ3n) is 6.08. The van der Waals surface area contributed by atoms with Gasteiger partial charge in [-0.2, -0.15) is 5.10 Å². The predicted octanol–water partition coefficient (Wildman–Crippen LogP) is 5.30. The number of rotatable bonds is 6. The Balaban J connectivity index is 1.31. The number of hydrogen-bond acceptors (Lipinski definition) is 6. The van der Waals surface area contributed by atoms with Crippen molar-refractivity contribution in [2.45, 2.75) is 23.1 Å². The highest BCUT2D eigenvalue weighted by Crippen LogP contribution is 2.31. The van der Waals surface area contributed by atoms with Crippen molar-refractivity contribution in [1.29, 1.82) is 0 Å². The number of nitrogens with zero attached hydrogens (tertiary/aromatic N) is 5. The van der Waals surface area contributed by atoms with Crippen LogP contribution in [0.25, 0.3) is 27.6 Å². The Morgan fingerprint density at radius 3 is 2.64 bits per heavy atom. The fraction of sp³-hybridized carbons (Fsp3) is 0.269. The summed E-state index contributed by atoms with van der Waals surface area (Å²) in [5.41, 5.74) is 4.09. The molecule has 0 atom stereocenters. The molecule has 33 heavy (non-hydrogen) atoms. The van der Waals surface area contributed by atoms with Gasteiger partial charge in [0, 0.05) is 53.1 Å². The van der Waals surface area contributed by atoms with Crippen LogP contribution >= 0.6 is 11.8 Å².